The number of hydrogen-bond donors (Lipinski definition) is 1. The summed E-state index contributed by atoms with van der Waals surface area (Å²) in [6.45, 7) is 3.76. The largest absolute Gasteiger partial charge is 0.471 e. The van der Waals surface area contributed by atoms with E-state index in [1.165, 1.54) is 23.4 Å². The molecule has 3 aromatic rings. The first kappa shape index (κ1) is 22.9. The molecule has 0 spiro atoms. The quantitative estimate of drug-likeness (QED) is 0.483. The molecule has 0 radical (unpaired) electrons. The molecule has 11 heteroatoms. The van der Waals surface area contributed by atoms with Gasteiger partial charge in [0.15, 0.2) is 12.4 Å². The minimum Gasteiger partial charge on any atom is -0.471 e. The third-order valence-corrected chi connectivity index (χ3v) is 5.51. The van der Waals surface area contributed by atoms with E-state index in [0.29, 0.717) is 17.1 Å². The molecular weight excluding hydrogens is 479 g/mol. The maximum absolute atomic E-state index is 12.9. The zero-order chi connectivity index (χ0) is 22.6. The summed E-state index contributed by atoms with van der Waals surface area (Å²) in [6.07, 6.45) is -0.582. The number of carbonyl (C=O) groups is 1. The molecule has 0 aliphatic heterocycles. The van der Waals surface area contributed by atoms with Gasteiger partial charge in [-0.05, 0) is 47.0 Å². The first-order valence-corrected chi connectivity index (χ1v) is 10.3. The molecule has 1 N–H and O–H groups in total. The number of ether oxygens (including phenoxy) is 1. The Morgan fingerprint density at radius 1 is 1.26 bits per heavy atom. The molecule has 0 bridgehead atoms. The Labute approximate surface area is 185 Å². The lowest BCUT2D eigenvalue weighted by Crippen LogP contribution is -2.16. The fourth-order valence-electron chi connectivity index (χ4n) is 2.81. The van der Waals surface area contributed by atoms with Crippen LogP contribution in [0.5, 0.6) is 5.75 Å². The van der Waals surface area contributed by atoms with E-state index in [4.69, 9.17) is 4.74 Å². The molecule has 7 nitrogen and oxygen atoms in total. The molecule has 3 rings (SSSR count). The van der Waals surface area contributed by atoms with Crippen LogP contribution >= 0.6 is 15.9 Å². The zero-order valence-electron chi connectivity index (χ0n) is 16.9. The fraction of sp³-hybridized carbons (Fsp3) is 0.350. The van der Waals surface area contributed by atoms with Crippen molar-refractivity contribution in [2.75, 3.05) is 5.32 Å². The molecule has 31 heavy (non-hydrogen) atoms. The van der Waals surface area contributed by atoms with Gasteiger partial charge in [0.1, 0.15) is 5.75 Å². The number of alkyl halides is 3. The Balaban J connectivity index is 1.51. The summed E-state index contributed by atoms with van der Waals surface area (Å²) in [4.78, 5) is 12.2. The fourth-order valence-corrected chi connectivity index (χ4v) is 3.32. The molecule has 0 atom stereocenters. The Bertz CT molecular complexity index is 1040. The van der Waals surface area contributed by atoms with Gasteiger partial charge in [0.05, 0.1) is 34.8 Å². The topological polar surface area (TPSA) is 74.0 Å². The molecule has 0 unspecified atom stereocenters. The van der Waals surface area contributed by atoms with E-state index in [0.717, 1.165) is 11.1 Å². The van der Waals surface area contributed by atoms with Gasteiger partial charge in [-0.15, -0.1) is 0 Å². The summed E-state index contributed by atoms with van der Waals surface area (Å²) in [6, 6.07) is 7.74. The molecule has 2 aromatic heterocycles. The maximum atomic E-state index is 12.9. The molecule has 0 saturated heterocycles. The molecule has 1 amide bonds. The number of amides is 1. The number of anilines is 1. The van der Waals surface area contributed by atoms with Crippen LogP contribution in [-0.2, 0) is 30.7 Å². The number of rotatable bonds is 8. The van der Waals surface area contributed by atoms with Crippen molar-refractivity contribution in [1.82, 2.24) is 19.6 Å². The zero-order valence-corrected chi connectivity index (χ0v) is 18.5. The summed E-state index contributed by atoms with van der Waals surface area (Å²) in [7, 11) is 0. The summed E-state index contributed by atoms with van der Waals surface area (Å²) < 4.78 is 47.0. The lowest BCUT2D eigenvalue weighted by molar-refractivity contribution is -0.142. The third kappa shape index (κ3) is 5.87. The van der Waals surface area contributed by atoms with Crippen LogP contribution < -0.4 is 10.1 Å². The number of halogens is 4. The van der Waals surface area contributed by atoms with Crippen molar-refractivity contribution in [1.29, 1.82) is 0 Å². The predicted octanol–water partition coefficient (Wildman–Crippen LogP) is 4.80. The number of benzene rings is 1. The van der Waals surface area contributed by atoms with Crippen molar-refractivity contribution >= 4 is 27.5 Å². The van der Waals surface area contributed by atoms with E-state index in [9.17, 15) is 18.0 Å². The summed E-state index contributed by atoms with van der Waals surface area (Å²) >= 11 is 2.91. The lowest BCUT2D eigenvalue weighted by Gasteiger charge is -2.07. The van der Waals surface area contributed by atoms with Crippen LogP contribution in [0.2, 0.25) is 0 Å². The molecule has 0 fully saturated rings. The first-order valence-electron chi connectivity index (χ1n) is 9.51. The summed E-state index contributed by atoms with van der Waals surface area (Å²) in [5.41, 5.74) is 0.973. The molecule has 0 aliphatic rings. The molecular formula is C20H21BrF3N5O2. The van der Waals surface area contributed by atoms with E-state index in [2.05, 4.69) is 38.4 Å². The first-order chi connectivity index (χ1) is 14.7. The van der Waals surface area contributed by atoms with Crippen molar-refractivity contribution < 1.29 is 22.7 Å². The number of nitrogens with one attached hydrogen (secondary N) is 1. The van der Waals surface area contributed by atoms with Gasteiger partial charge in [0.2, 0.25) is 5.91 Å². The molecule has 1 aromatic carbocycles. The van der Waals surface area contributed by atoms with Gasteiger partial charge in [-0.3, -0.25) is 9.48 Å². The van der Waals surface area contributed by atoms with Gasteiger partial charge in [0, 0.05) is 6.42 Å². The van der Waals surface area contributed by atoms with Crippen LogP contribution in [-0.4, -0.2) is 25.5 Å². The standard InChI is InChI=1S/C20H21BrF3N5O2/c1-3-14-4-6-16(7-5-14)31-12-28-11-15(10-25-28)26-17(30)8-9-29-13(2)18(21)19(27-29)20(22,23)24/h4-7,10-11H,3,8-9,12H2,1-2H3,(H,26,30). The second kappa shape index (κ2) is 9.54. The van der Waals surface area contributed by atoms with Crippen LogP contribution in [0.25, 0.3) is 0 Å². The minimum atomic E-state index is -4.56. The second-order valence-corrected chi connectivity index (χ2v) is 7.60. The normalized spacial score (nSPS) is 11.5. The smallest absolute Gasteiger partial charge is 0.436 e. The SMILES string of the molecule is CCc1ccc(OCn2cc(NC(=O)CCn3nc(C(F)(F)F)c(Br)c3C)cn2)cc1. The summed E-state index contributed by atoms with van der Waals surface area (Å²) in [5.74, 6) is 0.340. The maximum Gasteiger partial charge on any atom is 0.436 e. The van der Waals surface area contributed by atoms with E-state index >= 15 is 0 Å². The molecule has 166 valence electrons. The van der Waals surface area contributed by atoms with Crippen LogP contribution in [0.1, 0.15) is 30.3 Å². The highest BCUT2D eigenvalue weighted by Crippen LogP contribution is 2.35. The van der Waals surface area contributed by atoms with E-state index in [-0.39, 0.29) is 30.1 Å². The van der Waals surface area contributed by atoms with Crippen LogP contribution in [0, 0.1) is 6.92 Å². The van der Waals surface area contributed by atoms with E-state index < -0.39 is 11.9 Å². The highest BCUT2D eigenvalue weighted by atomic mass is 79.9. The third-order valence-electron chi connectivity index (χ3n) is 4.56. The Morgan fingerprint density at radius 3 is 2.58 bits per heavy atom. The monoisotopic (exact) mass is 499 g/mol. The Morgan fingerprint density at radius 2 is 1.97 bits per heavy atom. The molecule has 0 saturated carbocycles. The van der Waals surface area contributed by atoms with Gasteiger partial charge in [0.25, 0.3) is 0 Å². The molecule has 0 aliphatic carbocycles. The second-order valence-electron chi connectivity index (χ2n) is 6.81. The van der Waals surface area contributed by atoms with E-state index in [1.807, 2.05) is 24.3 Å². The number of aromatic nitrogens is 4. The lowest BCUT2D eigenvalue weighted by atomic mass is 10.2. The van der Waals surface area contributed by atoms with Gasteiger partial charge in [-0.2, -0.15) is 23.4 Å². The minimum absolute atomic E-state index is 0.0113. The number of carbonyl (C=O) groups excluding carboxylic acids is 1. The van der Waals surface area contributed by atoms with Crippen molar-refractivity contribution in [3.8, 4) is 5.75 Å². The van der Waals surface area contributed by atoms with Crippen LogP contribution in [0.15, 0.2) is 41.1 Å². The van der Waals surface area contributed by atoms with Gasteiger partial charge in [-0.1, -0.05) is 19.1 Å². The van der Waals surface area contributed by atoms with Crippen molar-refractivity contribution in [2.24, 2.45) is 0 Å². The summed E-state index contributed by atoms with van der Waals surface area (Å²) in [5, 5.41) is 10.3. The average Bonchev–Trinajstić information content (AvgIpc) is 3.29. The Hall–Kier alpha value is -2.82. The van der Waals surface area contributed by atoms with E-state index in [1.54, 1.807) is 6.20 Å². The van der Waals surface area contributed by atoms with Crippen molar-refractivity contribution in [3.63, 3.8) is 0 Å². The Kier molecular flexibility index (Phi) is 7.04. The van der Waals surface area contributed by atoms with Gasteiger partial charge < -0.3 is 10.1 Å². The average molecular weight is 500 g/mol. The highest BCUT2D eigenvalue weighted by Gasteiger charge is 2.37. The van der Waals surface area contributed by atoms with Crippen LogP contribution in [0.4, 0.5) is 18.9 Å². The van der Waals surface area contributed by atoms with Gasteiger partial charge in [-0.25, -0.2) is 4.68 Å². The highest BCUT2D eigenvalue weighted by molar-refractivity contribution is 9.10. The van der Waals surface area contributed by atoms with Gasteiger partial charge >= 0.3 is 6.18 Å². The van der Waals surface area contributed by atoms with Crippen molar-refractivity contribution in [2.45, 2.75) is 46.1 Å². The van der Waals surface area contributed by atoms with Crippen LogP contribution in [0.3, 0.4) is 0 Å². The molecule has 2 heterocycles. The van der Waals surface area contributed by atoms with Crippen molar-refractivity contribution in [3.05, 3.63) is 58.1 Å². The number of hydrogen-bond acceptors (Lipinski definition) is 4. The number of aryl methyl sites for hydroxylation is 2. The number of nitrogens with zero attached hydrogens (tertiary/aromatic N) is 4. The predicted molar refractivity (Wildman–Crippen MR) is 112 cm³/mol.